The Morgan fingerprint density at radius 1 is 1.14 bits per heavy atom. The minimum Gasteiger partial charge on any atom is -0.443 e. The Kier molecular flexibility index (Phi) is 4.01. The number of rotatable bonds is 3. The third-order valence-electron chi connectivity index (χ3n) is 4.93. The lowest BCUT2D eigenvalue weighted by molar-refractivity contribution is 0.541. The van der Waals surface area contributed by atoms with Crippen LogP contribution in [0.1, 0.15) is 19.8 Å². The van der Waals surface area contributed by atoms with Gasteiger partial charge in [-0.3, -0.25) is 9.67 Å². The highest BCUT2D eigenvalue weighted by atomic mass is 16.5. The zero-order chi connectivity index (χ0) is 18.9. The van der Waals surface area contributed by atoms with Crippen LogP contribution in [0, 0.1) is 0 Å². The molecule has 0 aliphatic carbocycles. The van der Waals surface area contributed by atoms with Crippen LogP contribution >= 0.6 is 0 Å². The summed E-state index contributed by atoms with van der Waals surface area (Å²) in [7, 11) is 0. The number of hydrogen-bond acceptors (Lipinski definition) is 4. The summed E-state index contributed by atoms with van der Waals surface area (Å²) in [5.74, 6) is 1.47. The third kappa shape index (κ3) is 2.89. The molecule has 0 bridgehead atoms. The number of para-hydroxylation sites is 1. The van der Waals surface area contributed by atoms with E-state index in [0.717, 1.165) is 39.5 Å². The molecule has 138 valence electrons. The smallest absolute Gasteiger partial charge is 0.198 e. The van der Waals surface area contributed by atoms with Gasteiger partial charge in [0.25, 0.3) is 0 Å². The van der Waals surface area contributed by atoms with Crippen LogP contribution < -0.4 is 15.4 Å². The van der Waals surface area contributed by atoms with E-state index in [2.05, 4.69) is 43.8 Å². The van der Waals surface area contributed by atoms with Crippen LogP contribution in [-0.4, -0.2) is 25.6 Å². The molecule has 5 rings (SSSR count). The molecule has 0 unspecified atom stereocenters. The van der Waals surface area contributed by atoms with Crippen molar-refractivity contribution >= 4 is 28.6 Å². The molecule has 0 radical (unpaired) electrons. The molecule has 28 heavy (non-hydrogen) atoms. The number of imidazole rings is 1. The molecule has 0 spiro atoms. The molecule has 1 aliphatic rings. The number of ether oxygens (including phenoxy) is 1. The molecule has 1 N–H and O–H groups in total. The summed E-state index contributed by atoms with van der Waals surface area (Å²) in [6.45, 7) is 2.15. The maximum absolute atomic E-state index is 6.01. The monoisotopic (exact) mass is 369 g/mol. The SMILES string of the molecule is CCC1=c2c(ncn2-c2ccc3[nH]ncc3c2)=CN=C(Oc2ccccc2)C1. The number of fused-ring (bicyclic) bond motifs is 2. The maximum Gasteiger partial charge on any atom is 0.198 e. The second kappa shape index (κ2) is 6.81. The number of hydrogen-bond donors (Lipinski definition) is 1. The van der Waals surface area contributed by atoms with Crippen molar-refractivity contribution in [2.24, 2.45) is 4.99 Å². The van der Waals surface area contributed by atoms with Gasteiger partial charge in [0.05, 0.1) is 23.3 Å². The number of aromatic amines is 1. The van der Waals surface area contributed by atoms with Crippen molar-refractivity contribution < 1.29 is 4.74 Å². The number of nitrogens with one attached hydrogen (secondary N) is 1. The minimum atomic E-state index is 0.647. The Balaban J connectivity index is 1.60. The first-order valence-electron chi connectivity index (χ1n) is 9.30. The summed E-state index contributed by atoms with van der Waals surface area (Å²) in [5.41, 5.74) is 3.31. The molecule has 0 saturated carbocycles. The topological polar surface area (TPSA) is 68.1 Å². The van der Waals surface area contributed by atoms with Gasteiger partial charge in [-0.25, -0.2) is 9.98 Å². The fourth-order valence-electron chi connectivity index (χ4n) is 3.51. The van der Waals surface area contributed by atoms with Gasteiger partial charge in [-0.2, -0.15) is 5.10 Å². The van der Waals surface area contributed by atoms with Gasteiger partial charge in [0.15, 0.2) is 5.90 Å². The van der Waals surface area contributed by atoms with E-state index in [1.165, 1.54) is 5.57 Å². The minimum absolute atomic E-state index is 0.647. The first kappa shape index (κ1) is 16.5. The molecule has 3 heterocycles. The lowest BCUT2D eigenvalue weighted by atomic mass is 10.1. The molecule has 0 atom stereocenters. The average molecular weight is 369 g/mol. The molecule has 0 fully saturated rings. The molecule has 1 aliphatic heterocycles. The maximum atomic E-state index is 6.01. The van der Waals surface area contributed by atoms with E-state index < -0.39 is 0 Å². The highest BCUT2D eigenvalue weighted by molar-refractivity contribution is 5.88. The van der Waals surface area contributed by atoms with Crippen LogP contribution in [0.25, 0.3) is 28.4 Å². The second-order valence-electron chi connectivity index (χ2n) is 6.69. The zero-order valence-electron chi connectivity index (χ0n) is 15.5. The number of H-pyrrole nitrogens is 1. The van der Waals surface area contributed by atoms with Crippen LogP contribution in [0.5, 0.6) is 5.75 Å². The Labute approximate surface area is 161 Å². The Morgan fingerprint density at radius 3 is 2.89 bits per heavy atom. The number of nitrogens with zero attached hydrogens (tertiary/aromatic N) is 4. The number of aliphatic imine (C=N–C) groups is 1. The average Bonchev–Trinajstić information content (AvgIpc) is 3.33. The van der Waals surface area contributed by atoms with Crippen LogP contribution in [-0.2, 0) is 0 Å². The normalized spacial score (nSPS) is 13.6. The van der Waals surface area contributed by atoms with Gasteiger partial charge in [0.1, 0.15) is 17.4 Å². The Bertz CT molecular complexity index is 1300. The van der Waals surface area contributed by atoms with E-state index in [1.54, 1.807) is 6.20 Å². The van der Waals surface area contributed by atoms with Gasteiger partial charge < -0.3 is 4.74 Å². The fraction of sp³-hybridized carbons (Fsp3) is 0.136. The quantitative estimate of drug-likeness (QED) is 0.604. The summed E-state index contributed by atoms with van der Waals surface area (Å²) in [5, 5.41) is 10.1. The van der Waals surface area contributed by atoms with Gasteiger partial charge in [-0.1, -0.05) is 25.1 Å². The standard InChI is InChI=1S/C22H19N5O/c1-2-15-11-21(28-18-6-4-3-5-7-18)23-13-20-22(15)27(14-24-20)17-8-9-19-16(10-17)12-25-26-19/h3-10,12-14H,2,11H2,1H3,(H,25,26). The van der Waals surface area contributed by atoms with Crippen molar-refractivity contribution in [1.29, 1.82) is 0 Å². The molecular formula is C22H19N5O. The Hall–Kier alpha value is -3.67. The lowest BCUT2D eigenvalue weighted by Gasteiger charge is -2.10. The molecule has 0 amide bonds. The van der Waals surface area contributed by atoms with E-state index >= 15 is 0 Å². The first-order chi connectivity index (χ1) is 13.8. The van der Waals surface area contributed by atoms with Crippen LogP contribution in [0.3, 0.4) is 0 Å². The highest BCUT2D eigenvalue weighted by Gasteiger charge is 2.14. The third-order valence-corrected chi connectivity index (χ3v) is 4.93. The number of aromatic nitrogens is 4. The molecule has 2 aromatic carbocycles. The van der Waals surface area contributed by atoms with Crippen molar-refractivity contribution in [3.8, 4) is 11.4 Å². The van der Waals surface area contributed by atoms with E-state index in [-0.39, 0.29) is 0 Å². The van der Waals surface area contributed by atoms with Crippen LogP contribution in [0.2, 0.25) is 0 Å². The summed E-state index contributed by atoms with van der Waals surface area (Å²) in [4.78, 5) is 9.17. The fourth-order valence-corrected chi connectivity index (χ4v) is 3.51. The van der Waals surface area contributed by atoms with Crippen molar-refractivity contribution in [1.82, 2.24) is 19.7 Å². The van der Waals surface area contributed by atoms with E-state index in [0.29, 0.717) is 12.3 Å². The van der Waals surface area contributed by atoms with Crippen molar-refractivity contribution in [2.75, 3.05) is 0 Å². The van der Waals surface area contributed by atoms with E-state index in [1.807, 2.05) is 48.9 Å². The van der Waals surface area contributed by atoms with Crippen molar-refractivity contribution in [3.05, 3.63) is 71.8 Å². The van der Waals surface area contributed by atoms with Crippen molar-refractivity contribution in [2.45, 2.75) is 19.8 Å². The highest BCUT2D eigenvalue weighted by Crippen LogP contribution is 2.17. The summed E-state index contributed by atoms with van der Waals surface area (Å²) in [6.07, 6.45) is 7.02. The zero-order valence-corrected chi connectivity index (χ0v) is 15.5. The second-order valence-corrected chi connectivity index (χ2v) is 6.69. The van der Waals surface area contributed by atoms with Crippen LogP contribution in [0.4, 0.5) is 0 Å². The number of benzene rings is 2. The molecule has 0 saturated heterocycles. The summed E-state index contributed by atoms with van der Waals surface area (Å²) >= 11 is 0. The summed E-state index contributed by atoms with van der Waals surface area (Å²) < 4.78 is 8.13. The van der Waals surface area contributed by atoms with Gasteiger partial charge >= 0.3 is 0 Å². The van der Waals surface area contributed by atoms with E-state index in [4.69, 9.17) is 4.74 Å². The van der Waals surface area contributed by atoms with Gasteiger partial charge in [0.2, 0.25) is 0 Å². The molecule has 6 heteroatoms. The van der Waals surface area contributed by atoms with E-state index in [9.17, 15) is 0 Å². The predicted octanol–water partition coefficient (Wildman–Crippen LogP) is 2.93. The largest absolute Gasteiger partial charge is 0.443 e. The van der Waals surface area contributed by atoms with Gasteiger partial charge in [0, 0.05) is 17.5 Å². The molecule has 2 aromatic heterocycles. The van der Waals surface area contributed by atoms with Crippen LogP contribution in [0.15, 0.2) is 66.0 Å². The summed E-state index contributed by atoms with van der Waals surface area (Å²) in [6, 6.07) is 16.0. The predicted molar refractivity (Wildman–Crippen MR) is 110 cm³/mol. The van der Waals surface area contributed by atoms with Gasteiger partial charge in [-0.05, 0) is 42.3 Å². The molecule has 6 nitrogen and oxygen atoms in total. The molecule has 4 aromatic rings. The molecular weight excluding hydrogens is 350 g/mol. The van der Waals surface area contributed by atoms with Gasteiger partial charge in [-0.15, -0.1) is 0 Å². The first-order valence-corrected chi connectivity index (χ1v) is 9.30. The lowest BCUT2D eigenvalue weighted by Crippen LogP contribution is -2.31. The van der Waals surface area contributed by atoms with Crippen molar-refractivity contribution in [3.63, 3.8) is 0 Å². The Morgan fingerprint density at radius 2 is 2.04 bits per heavy atom.